The number of hydrogen-bond acceptors (Lipinski definition) is 4. The number of hydrogen-bond donors (Lipinski definition) is 0. The van der Waals surface area contributed by atoms with Crippen LogP contribution in [0.15, 0.2) is 48.5 Å². The lowest BCUT2D eigenvalue weighted by molar-refractivity contribution is -0.126. The Bertz CT molecular complexity index is 1310. The molecule has 2 atom stereocenters. The summed E-state index contributed by atoms with van der Waals surface area (Å²) in [6, 6.07) is 15.8. The molecule has 188 valence electrons. The van der Waals surface area contributed by atoms with Crippen molar-refractivity contribution < 1.29 is 14.3 Å². The number of pyridine rings is 1. The normalized spacial score (nSPS) is 18.3. The van der Waals surface area contributed by atoms with Crippen LogP contribution >= 0.6 is 0 Å². The molecule has 2 unspecified atom stereocenters. The van der Waals surface area contributed by atoms with Gasteiger partial charge in [0.25, 0.3) is 5.91 Å². The Kier molecular flexibility index (Phi) is 6.59. The van der Waals surface area contributed by atoms with E-state index in [1.807, 2.05) is 42.5 Å². The van der Waals surface area contributed by atoms with Gasteiger partial charge in [0.2, 0.25) is 0 Å². The van der Waals surface area contributed by atoms with Crippen LogP contribution in [0, 0.1) is 11.3 Å². The summed E-state index contributed by atoms with van der Waals surface area (Å²) >= 11 is 0. The zero-order valence-electron chi connectivity index (χ0n) is 21.8. The first kappa shape index (κ1) is 24.5. The van der Waals surface area contributed by atoms with Crippen LogP contribution < -0.4 is 4.90 Å². The number of anilines is 1. The molecule has 0 spiro atoms. The highest BCUT2D eigenvalue weighted by atomic mass is 16.5. The molecule has 0 fully saturated rings. The smallest absolute Gasteiger partial charge is 0.339 e. The lowest BCUT2D eigenvalue weighted by atomic mass is 9.68. The van der Waals surface area contributed by atoms with Gasteiger partial charge in [0.15, 0.2) is 6.10 Å². The highest BCUT2D eigenvalue weighted by Crippen LogP contribution is 2.41. The number of aryl methyl sites for hydroxylation is 2. The maximum absolute atomic E-state index is 13.8. The van der Waals surface area contributed by atoms with E-state index in [2.05, 4.69) is 26.8 Å². The van der Waals surface area contributed by atoms with Crippen molar-refractivity contribution in [3.8, 4) is 0 Å². The average molecular weight is 485 g/mol. The minimum absolute atomic E-state index is 0.173. The topological polar surface area (TPSA) is 59.5 Å². The van der Waals surface area contributed by atoms with Crippen LogP contribution in [0.2, 0.25) is 0 Å². The van der Waals surface area contributed by atoms with Crippen LogP contribution in [0.3, 0.4) is 0 Å². The monoisotopic (exact) mass is 484 g/mol. The number of fused-ring (bicyclic) bond motifs is 3. The van der Waals surface area contributed by atoms with Gasteiger partial charge >= 0.3 is 5.97 Å². The molecule has 0 radical (unpaired) electrons. The zero-order chi connectivity index (χ0) is 25.4. The lowest BCUT2D eigenvalue weighted by Crippen LogP contribution is -2.43. The molecule has 5 nitrogen and oxygen atoms in total. The van der Waals surface area contributed by atoms with Gasteiger partial charge in [-0.2, -0.15) is 0 Å². The third-order valence-corrected chi connectivity index (χ3v) is 8.49. The van der Waals surface area contributed by atoms with Crippen LogP contribution in [0.4, 0.5) is 5.69 Å². The quantitative estimate of drug-likeness (QED) is 0.399. The number of carbonyl (C=O) groups excluding carboxylic acids is 2. The number of benzene rings is 2. The number of esters is 1. The summed E-state index contributed by atoms with van der Waals surface area (Å²) in [5, 5.41) is 0.805. The molecular weight excluding hydrogens is 448 g/mol. The van der Waals surface area contributed by atoms with E-state index in [0.29, 0.717) is 18.0 Å². The molecule has 5 heteroatoms. The number of para-hydroxylation sites is 2. The Hall–Kier alpha value is -3.21. The fraction of sp³-hybridized carbons (Fsp3) is 0.452. The van der Waals surface area contributed by atoms with E-state index in [1.54, 1.807) is 11.8 Å². The third kappa shape index (κ3) is 4.40. The molecule has 0 saturated carbocycles. The maximum Gasteiger partial charge on any atom is 0.339 e. The van der Waals surface area contributed by atoms with Crippen molar-refractivity contribution in [2.45, 2.75) is 72.3 Å². The van der Waals surface area contributed by atoms with Crippen molar-refractivity contribution >= 4 is 28.5 Å². The van der Waals surface area contributed by atoms with Gasteiger partial charge in [0, 0.05) is 23.3 Å². The molecule has 0 saturated heterocycles. The van der Waals surface area contributed by atoms with E-state index in [0.717, 1.165) is 71.9 Å². The molecule has 2 heterocycles. The minimum Gasteiger partial charge on any atom is -0.449 e. The van der Waals surface area contributed by atoms with Gasteiger partial charge in [-0.1, -0.05) is 63.6 Å². The van der Waals surface area contributed by atoms with Crippen LogP contribution in [0.5, 0.6) is 0 Å². The summed E-state index contributed by atoms with van der Waals surface area (Å²) in [5.41, 5.74) is 5.65. The van der Waals surface area contributed by atoms with E-state index in [-0.39, 0.29) is 11.3 Å². The first-order valence-electron chi connectivity index (χ1n) is 13.3. The maximum atomic E-state index is 13.8. The molecule has 3 aromatic rings. The van der Waals surface area contributed by atoms with Gasteiger partial charge in [-0.05, 0) is 73.6 Å². The number of nitrogens with zero attached hydrogens (tertiary/aromatic N) is 2. The summed E-state index contributed by atoms with van der Waals surface area (Å²) in [4.78, 5) is 33.9. The Morgan fingerprint density at radius 1 is 1.11 bits per heavy atom. The Labute approximate surface area is 213 Å². The lowest BCUT2D eigenvalue weighted by Gasteiger charge is -2.37. The van der Waals surface area contributed by atoms with E-state index in [1.165, 1.54) is 0 Å². The second kappa shape index (κ2) is 9.68. The van der Waals surface area contributed by atoms with Crippen molar-refractivity contribution in [1.82, 2.24) is 4.98 Å². The molecule has 1 aromatic heterocycles. The largest absolute Gasteiger partial charge is 0.449 e. The summed E-state index contributed by atoms with van der Waals surface area (Å²) in [5.74, 6) is -0.132. The number of amides is 1. The molecule has 5 rings (SSSR count). The van der Waals surface area contributed by atoms with E-state index < -0.39 is 12.1 Å². The molecule has 1 amide bonds. The van der Waals surface area contributed by atoms with Crippen molar-refractivity contribution in [2.75, 3.05) is 11.4 Å². The SMILES string of the molecule is CCC(C)(C)C1CCc2nc3ccccc3c(C(=O)OC(C)C(=O)N3CCCc4ccccc43)c2C1. The fourth-order valence-electron chi connectivity index (χ4n) is 5.83. The fourth-order valence-corrected chi connectivity index (χ4v) is 5.83. The third-order valence-electron chi connectivity index (χ3n) is 8.49. The van der Waals surface area contributed by atoms with E-state index in [9.17, 15) is 9.59 Å². The molecular formula is C31H36N2O3. The highest BCUT2D eigenvalue weighted by Gasteiger charge is 2.36. The van der Waals surface area contributed by atoms with Gasteiger partial charge in [-0.25, -0.2) is 4.79 Å². The standard InChI is InChI=1S/C31H36N2O3/c1-5-31(3,4)22-16-17-26-24(19-22)28(23-13-7-8-14-25(23)32-26)30(35)36-20(2)29(34)33-18-10-12-21-11-6-9-15-27(21)33/h6-9,11,13-15,20,22H,5,10,12,16-19H2,1-4H3. The Morgan fingerprint density at radius 3 is 2.67 bits per heavy atom. The summed E-state index contributed by atoms with van der Waals surface area (Å²) < 4.78 is 5.93. The first-order chi connectivity index (χ1) is 17.3. The number of ether oxygens (including phenoxy) is 1. The summed E-state index contributed by atoms with van der Waals surface area (Å²) in [7, 11) is 0. The van der Waals surface area contributed by atoms with Crippen LogP contribution in [0.25, 0.3) is 10.9 Å². The van der Waals surface area contributed by atoms with Gasteiger partial charge in [-0.3, -0.25) is 9.78 Å². The summed E-state index contributed by atoms with van der Waals surface area (Å²) in [6.07, 6.45) is 4.79. The first-order valence-corrected chi connectivity index (χ1v) is 13.3. The second-order valence-electron chi connectivity index (χ2n) is 11.0. The van der Waals surface area contributed by atoms with Crippen molar-refractivity contribution in [3.05, 3.63) is 70.9 Å². The number of carbonyl (C=O) groups is 2. The van der Waals surface area contributed by atoms with Gasteiger partial charge in [0.05, 0.1) is 11.1 Å². The van der Waals surface area contributed by atoms with Crippen molar-refractivity contribution in [2.24, 2.45) is 11.3 Å². The van der Waals surface area contributed by atoms with Crippen molar-refractivity contribution in [1.29, 1.82) is 0 Å². The minimum atomic E-state index is -0.877. The van der Waals surface area contributed by atoms with Crippen LogP contribution in [-0.2, 0) is 28.8 Å². The predicted molar refractivity (Wildman–Crippen MR) is 143 cm³/mol. The van der Waals surface area contributed by atoms with Crippen LogP contribution in [0.1, 0.15) is 74.1 Å². The van der Waals surface area contributed by atoms with E-state index in [4.69, 9.17) is 9.72 Å². The van der Waals surface area contributed by atoms with E-state index >= 15 is 0 Å². The molecule has 1 aliphatic heterocycles. The molecule has 2 aliphatic rings. The molecule has 36 heavy (non-hydrogen) atoms. The van der Waals surface area contributed by atoms with Gasteiger partial charge < -0.3 is 9.64 Å². The molecule has 2 aromatic carbocycles. The van der Waals surface area contributed by atoms with Gasteiger partial charge in [0.1, 0.15) is 0 Å². The van der Waals surface area contributed by atoms with Crippen LogP contribution in [-0.4, -0.2) is 29.5 Å². The predicted octanol–water partition coefficient (Wildman–Crippen LogP) is 6.30. The number of rotatable bonds is 5. The Morgan fingerprint density at radius 2 is 1.86 bits per heavy atom. The Balaban J connectivity index is 1.47. The molecule has 0 bridgehead atoms. The zero-order valence-corrected chi connectivity index (χ0v) is 21.8. The summed E-state index contributed by atoms with van der Waals surface area (Å²) in [6.45, 7) is 9.18. The number of aromatic nitrogens is 1. The van der Waals surface area contributed by atoms with Gasteiger partial charge in [-0.15, -0.1) is 0 Å². The highest BCUT2D eigenvalue weighted by molar-refractivity contribution is 6.06. The van der Waals surface area contributed by atoms with Crippen molar-refractivity contribution in [3.63, 3.8) is 0 Å². The average Bonchev–Trinajstić information content (AvgIpc) is 2.90. The second-order valence-corrected chi connectivity index (χ2v) is 11.0. The molecule has 1 aliphatic carbocycles. The molecule has 0 N–H and O–H groups in total.